The van der Waals surface area contributed by atoms with Crippen molar-refractivity contribution in [1.82, 2.24) is 10.6 Å². The first-order valence-corrected chi connectivity index (χ1v) is 6.88. The number of carbonyl (C=O) groups is 1. The molecule has 0 unspecified atom stereocenters. The molecule has 2 atom stereocenters. The molecule has 19 heavy (non-hydrogen) atoms. The van der Waals surface area contributed by atoms with Gasteiger partial charge in [-0.1, -0.05) is 26.1 Å². The fraction of sp³-hybridized carbons (Fsp3) is 0.846. The van der Waals surface area contributed by atoms with Gasteiger partial charge in [0.2, 0.25) is 0 Å². The zero-order valence-electron chi connectivity index (χ0n) is 12.6. The third kappa shape index (κ3) is 8.00. The van der Waals surface area contributed by atoms with Gasteiger partial charge in [-0.2, -0.15) is 0 Å². The molecule has 1 amide bonds. The van der Waals surface area contributed by atoms with Gasteiger partial charge in [0, 0.05) is 6.04 Å². The second kappa shape index (κ2) is 7.65. The lowest BCUT2D eigenvalue weighted by Crippen LogP contribution is -2.52. The number of aliphatic hydroxyl groups is 1. The van der Waals surface area contributed by atoms with Crippen LogP contribution in [0.2, 0.25) is 0 Å². The Bertz CT molecular complexity index is 314. The van der Waals surface area contributed by atoms with E-state index in [4.69, 9.17) is 22.1 Å². The minimum atomic E-state index is -0.543. The van der Waals surface area contributed by atoms with Crippen LogP contribution in [0.3, 0.4) is 0 Å². The molecular formula is C13H26N2O3S. The highest BCUT2D eigenvalue weighted by molar-refractivity contribution is 7.80. The lowest BCUT2D eigenvalue weighted by molar-refractivity contribution is 0.0508. The number of rotatable bonds is 5. The van der Waals surface area contributed by atoms with Crippen molar-refractivity contribution in [3.05, 3.63) is 0 Å². The largest absolute Gasteiger partial charge is 0.444 e. The van der Waals surface area contributed by atoms with E-state index in [2.05, 4.69) is 10.6 Å². The molecule has 0 aromatic carbocycles. The predicted molar refractivity (Wildman–Crippen MR) is 80.3 cm³/mol. The van der Waals surface area contributed by atoms with E-state index in [-0.39, 0.29) is 24.6 Å². The van der Waals surface area contributed by atoms with Crippen LogP contribution >= 0.6 is 12.2 Å². The number of nitrogens with one attached hydrogen (secondary N) is 2. The van der Waals surface area contributed by atoms with Gasteiger partial charge in [-0.05, 0) is 33.6 Å². The Kier molecular flexibility index (Phi) is 7.29. The van der Waals surface area contributed by atoms with E-state index in [1.54, 1.807) is 20.8 Å². The van der Waals surface area contributed by atoms with Gasteiger partial charge in [-0.3, -0.25) is 0 Å². The van der Waals surface area contributed by atoms with Gasteiger partial charge < -0.3 is 20.5 Å². The van der Waals surface area contributed by atoms with Crippen molar-refractivity contribution in [3.8, 4) is 0 Å². The summed E-state index contributed by atoms with van der Waals surface area (Å²) in [5, 5.41) is 14.8. The number of carbonyl (C=O) groups excluding carboxylic acids is 1. The Labute approximate surface area is 121 Å². The average Bonchev–Trinajstić information content (AvgIpc) is 2.22. The van der Waals surface area contributed by atoms with Crippen LogP contribution in [0.1, 0.15) is 41.5 Å². The normalized spacial score (nSPS) is 14.7. The fourth-order valence-electron chi connectivity index (χ4n) is 1.35. The maximum atomic E-state index is 11.8. The molecule has 0 heterocycles. The number of ether oxygens (including phenoxy) is 1. The Morgan fingerprint density at radius 2 is 1.79 bits per heavy atom. The molecule has 0 spiro atoms. The van der Waals surface area contributed by atoms with Crippen molar-refractivity contribution in [2.24, 2.45) is 5.92 Å². The highest BCUT2D eigenvalue weighted by Crippen LogP contribution is 2.09. The lowest BCUT2D eigenvalue weighted by atomic mass is 10.0. The molecule has 6 heteroatoms. The van der Waals surface area contributed by atoms with Gasteiger partial charge in [0.05, 0.1) is 17.6 Å². The lowest BCUT2D eigenvalue weighted by Gasteiger charge is -2.27. The quantitative estimate of drug-likeness (QED) is 0.674. The summed E-state index contributed by atoms with van der Waals surface area (Å²) in [4.78, 5) is 12.3. The van der Waals surface area contributed by atoms with Crippen molar-refractivity contribution in [3.63, 3.8) is 0 Å². The molecule has 5 nitrogen and oxygen atoms in total. The van der Waals surface area contributed by atoms with Gasteiger partial charge >= 0.3 is 6.09 Å². The van der Waals surface area contributed by atoms with Crippen molar-refractivity contribution >= 4 is 23.3 Å². The third-order valence-electron chi connectivity index (χ3n) is 2.28. The molecule has 0 aliphatic carbocycles. The van der Waals surface area contributed by atoms with E-state index < -0.39 is 11.7 Å². The second-order valence-corrected chi connectivity index (χ2v) is 6.40. The predicted octanol–water partition coefficient (Wildman–Crippen LogP) is 1.83. The van der Waals surface area contributed by atoms with Gasteiger partial charge in [0.25, 0.3) is 0 Å². The number of hydrogen-bond acceptors (Lipinski definition) is 4. The highest BCUT2D eigenvalue weighted by Gasteiger charge is 2.24. The summed E-state index contributed by atoms with van der Waals surface area (Å²) in [5.74, 6) is 0.124. The summed E-state index contributed by atoms with van der Waals surface area (Å²) < 4.78 is 5.21. The van der Waals surface area contributed by atoms with E-state index in [1.165, 1.54) is 0 Å². The molecule has 0 radical (unpaired) electrons. The molecule has 0 aliphatic rings. The Morgan fingerprint density at radius 1 is 1.26 bits per heavy atom. The fourth-order valence-corrected chi connectivity index (χ4v) is 1.88. The highest BCUT2D eigenvalue weighted by atomic mass is 32.1. The van der Waals surface area contributed by atoms with Crippen LogP contribution in [-0.4, -0.2) is 40.5 Å². The minimum Gasteiger partial charge on any atom is -0.444 e. The summed E-state index contributed by atoms with van der Waals surface area (Å²) >= 11 is 5.26. The molecule has 0 bridgehead atoms. The molecule has 0 rings (SSSR count). The van der Waals surface area contributed by atoms with E-state index in [0.29, 0.717) is 4.99 Å². The number of hydrogen-bond donors (Lipinski definition) is 3. The Balaban J connectivity index is 4.58. The SMILES string of the molecule is CC(C)[C@H](NC(=O)OC(C)(C)C)C(=S)N[C@H](C)CO. The summed E-state index contributed by atoms with van der Waals surface area (Å²) in [6.07, 6.45) is -0.494. The van der Waals surface area contributed by atoms with Crippen LogP contribution in [-0.2, 0) is 4.74 Å². The second-order valence-electron chi connectivity index (χ2n) is 5.96. The summed E-state index contributed by atoms with van der Waals surface area (Å²) in [6.45, 7) is 11.1. The standard InChI is InChI=1S/C13H26N2O3S/c1-8(2)10(11(19)14-9(3)7-16)15-12(17)18-13(4,5)6/h8-10,16H,7H2,1-6H3,(H,14,19)(H,15,17)/t9-,10+/m1/s1. The topological polar surface area (TPSA) is 70.6 Å². The maximum absolute atomic E-state index is 11.8. The van der Waals surface area contributed by atoms with Gasteiger partial charge in [0.1, 0.15) is 5.60 Å². The molecule has 0 aliphatic heterocycles. The molecular weight excluding hydrogens is 264 g/mol. The van der Waals surface area contributed by atoms with Crippen LogP contribution < -0.4 is 10.6 Å². The van der Waals surface area contributed by atoms with E-state index in [0.717, 1.165) is 0 Å². The average molecular weight is 290 g/mol. The smallest absolute Gasteiger partial charge is 0.408 e. The van der Waals surface area contributed by atoms with E-state index in [9.17, 15) is 4.79 Å². The maximum Gasteiger partial charge on any atom is 0.408 e. The monoisotopic (exact) mass is 290 g/mol. The summed E-state index contributed by atoms with van der Waals surface area (Å²) in [5.41, 5.74) is -0.543. The molecule has 0 saturated heterocycles. The first kappa shape index (κ1) is 18.1. The minimum absolute atomic E-state index is 0.0165. The molecule has 0 aromatic heterocycles. The summed E-state index contributed by atoms with van der Waals surface area (Å²) in [6, 6.07) is -0.465. The van der Waals surface area contributed by atoms with Crippen molar-refractivity contribution < 1.29 is 14.6 Å². The van der Waals surface area contributed by atoms with E-state index >= 15 is 0 Å². The Morgan fingerprint density at radius 3 is 2.16 bits per heavy atom. The van der Waals surface area contributed by atoms with E-state index in [1.807, 2.05) is 20.8 Å². The van der Waals surface area contributed by atoms with Crippen LogP contribution in [0.5, 0.6) is 0 Å². The van der Waals surface area contributed by atoms with Crippen LogP contribution in [0.15, 0.2) is 0 Å². The molecule has 112 valence electrons. The summed E-state index contributed by atoms with van der Waals surface area (Å²) in [7, 11) is 0. The first-order chi connectivity index (χ1) is 8.56. The molecule has 3 N–H and O–H groups in total. The zero-order valence-corrected chi connectivity index (χ0v) is 13.4. The van der Waals surface area contributed by atoms with Crippen molar-refractivity contribution in [1.29, 1.82) is 0 Å². The van der Waals surface area contributed by atoms with Crippen molar-refractivity contribution in [2.45, 2.75) is 59.2 Å². The first-order valence-electron chi connectivity index (χ1n) is 6.47. The number of thiocarbonyl (C=S) groups is 1. The van der Waals surface area contributed by atoms with Crippen molar-refractivity contribution in [2.75, 3.05) is 6.61 Å². The van der Waals surface area contributed by atoms with Crippen LogP contribution in [0, 0.1) is 5.92 Å². The van der Waals surface area contributed by atoms with Gasteiger partial charge in [0.15, 0.2) is 0 Å². The number of aliphatic hydroxyl groups excluding tert-OH is 1. The van der Waals surface area contributed by atoms with Crippen LogP contribution in [0.4, 0.5) is 4.79 Å². The number of amides is 1. The molecule has 0 fully saturated rings. The zero-order chi connectivity index (χ0) is 15.2. The molecule has 0 aromatic rings. The van der Waals surface area contributed by atoms with Crippen LogP contribution in [0.25, 0.3) is 0 Å². The molecule has 0 saturated carbocycles. The Hall–Kier alpha value is -0.880. The third-order valence-corrected chi connectivity index (χ3v) is 2.66. The van der Waals surface area contributed by atoms with Gasteiger partial charge in [-0.15, -0.1) is 0 Å². The number of alkyl carbamates (subject to hydrolysis) is 1. The van der Waals surface area contributed by atoms with Gasteiger partial charge in [-0.25, -0.2) is 4.79 Å².